The van der Waals surface area contributed by atoms with Gasteiger partial charge in [-0.15, -0.1) is 0 Å². The molecule has 0 aliphatic rings. The Balaban J connectivity index is 4.30. The van der Waals surface area contributed by atoms with Crippen LogP contribution in [0.5, 0.6) is 0 Å². The summed E-state index contributed by atoms with van der Waals surface area (Å²) in [7, 11) is -4.45. The zero-order valence-electron chi connectivity index (χ0n) is 38.4. The van der Waals surface area contributed by atoms with Crippen molar-refractivity contribution in [1.29, 1.82) is 0 Å². The number of aliphatic hydroxyl groups is 2. The van der Waals surface area contributed by atoms with Gasteiger partial charge in [-0.25, -0.2) is 4.57 Å². The maximum absolute atomic E-state index is 12.6. The van der Waals surface area contributed by atoms with Crippen LogP contribution < -0.4 is 5.73 Å². The number of phosphoric ester groups is 1. The van der Waals surface area contributed by atoms with Gasteiger partial charge in [0.15, 0.2) is 6.10 Å². The second-order valence-electron chi connectivity index (χ2n) is 16.0. The van der Waals surface area contributed by atoms with Crippen LogP contribution in [0.4, 0.5) is 0 Å². The van der Waals surface area contributed by atoms with Gasteiger partial charge in [0.25, 0.3) is 0 Å². The predicted octanol–water partition coefficient (Wildman–Crippen LogP) is 12.0. The number of hydrogen-bond acceptors (Lipinski definition) is 10. The van der Waals surface area contributed by atoms with Gasteiger partial charge in [0.2, 0.25) is 0 Å². The molecule has 0 radical (unpaired) electrons. The molecule has 0 saturated carbocycles. The van der Waals surface area contributed by atoms with Gasteiger partial charge in [-0.1, -0.05) is 177 Å². The highest BCUT2D eigenvalue weighted by Gasteiger charge is 2.26. The molecule has 0 aliphatic heterocycles. The molecule has 61 heavy (non-hydrogen) atoms. The van der Waals surface area contributed by atoms with Crippen molar-refractivity contribution in [3.8, 4) is 0 Å². The lowest BCUT2D eigenvalue weighted by atomic mass is 10.0. The first kappa shape index (κ1) is 58.6. The fourth-order valence-corrected chi connectivity index (χ4v) is 7.18. The number of hydrogen-bond donors (Lipinski definition) is 4. The largest absolute Gasteiger partial charge is 0.472 e. The summed E-state index contributed by atoms with van der Waals surface area (Å²) >= 11 is 0. The van der Waals surface area contributed by atoms with Crippen LogP contribution in [-0.2, 0) is 32.7 Å². The molecule has 1 unspecified atom stereocenters. The van der Waals surface area contributed by atoms with E-state index in [0.717, 1.165) is 25.7 Å². The monoisotopic (exact) mass is 882 g/mol. The molecule has 4 atom stereocenters. The minimum Gasteiger partial charge on any atom is -0.462 e. The lowest BCUT2D eigenvalue weighted by Crippen LogP contribution is -2.29. The fourth-order valence-electron chi connectivity index (χ4n) is 6.41. The van der Waals surface area contributed by atoms with E-state index in [1.807, 2.05) is 6.08 Å². The molecule has 0 aliphatic carbocycles. The van der Waals surface area contributed by atoms with Crippen molar-refractivity contribution in [2.45, 2.75) is 212 Å². The predicted molar refractivity (Wildman–Crippen MR) is 250 cm³/mol. The molecule has 0 fully saturated rings. The highest BCUT2D eigenvalue weighted by atomic mass is 31.2. The van der Waals surface area contributed by atoms with E-state index in [2.05, 4.69) is 32.1 Å². The summed E-state index contributed by atoms with van der Waals surface area (Å²) in [5.74, 6) is -1.07. The number of carbonyl (C=O) groups excluding carboxylic acids is 2. The van der Waals surface area contributed by atoms with Crippen LogP contribution in [0.15, 0.2) is 60.8 Å². The average Bonchev–Trinajstić information content (AvgIpc) is 3.24. The fraction of sp³-hybridized carbons (Fsp3) is 0.755. The standard InChI is InChI=1S/C49H88NO10P/c1-3-5-7-9-11-12-13-14-15-16-17-18-19-20-21-22-23-24-25-27-33-39-48(53)57-43-47(44-59-61(55,56)58-42-41-50)60-49(54)40-34-38-46(52)37-32-29-28-31-36-45(51)35-30-26-10-8-6-4-2/h14-15,26,28-32,36-37,45-47,51-52H,3-13,16-25,27,33-35,38-44,50H2,1-2H3,(H,55,56)/b15-14-,29-28+,30-26-,36-31+,37-32-/t45-,46-,47+/m0/s1. The number of phosphoric acid groups is 1. The Morgan fingerprint density at radius 2 is 1.05 bits per heavy atom. The number of allylic oxidation sites excluding steroid dienone is 7. The number of carbonyl (C=O) groups is 2. The van der Waals surface area contributed by atoms with Gasteiger partial charge in [-0.3, -0.25) is 18.6 Å². The maximum Gasteiger partial charge on any atom is 0.472 e. The van der Waals surface area contributed by atoms with Gasteiger partial charge in [0.1, 0.15) is 6.61 Å². The quantitative estimate of drug-likeness (QED) is 0.0151. The summed E-state index contributed by atoms with van der Waals surface area (Å²) in [4.78, 5) is 35.0. The van der Waals surface area contributed by atoms with Gasteiger partial charge in [0, 0.05) is 19.4 Å². The van der Waals surface area contributed by atoms with Crippen molar-refractivity contribution in [3.63, 3.8) is 0 Å². The lowest BCUT2D eigenvalue weighted by Gasteiger charge is -2.20. The van der Waals surface area contributed by atoms with Crippen molar-refractivity contribution in [2.24, 2.45) is 5.73 Å². The van der Waals surface area contributed by atoms with Crippen molar-refractivity contribution >= 4 is 19.8 Å². The molecule has 12 heteroatoms. The van der Waals surface area contributed by atoms with Crippen LogP contribution in [0, 0.1) is 0 Å². The highest BCUT2D eigenvalue weighted by Crippen LogP contribution is 2.43. The van der Waals surface area contributed by atoms with E-state index in [1.165, 1.54) is 116 Å². The number of esters is 2. The van der Waals surface area contributed by atoms with Crippen molar-refractivity contribution in [2.75, 3.05) is 26.4 Å². The zero-order valence-corrected chi connectivity index (χ0v) is 39.3. The second kappa shape index (κ2) is 44.2. The number of unbranched alkanes of at least 4 members (excludes halogenated alkanes) is 20. The summed E-state index contributed by atoms with van der Waals surface area (Å²) in [5.41, 5.74) is 5.34. The molecule has 11 nitrogen and oxygen atoms in total. The summed E-state index contributed by atoms with van der Waals surface area (Å²) in [6.45, 7) is 3.39. The molecule has 0 bridgehead atoms. The van der Waals surface area contributed by atoms with E-state index in [-0.39, 0.29) is 32.6 Å². The Morgan fingerprint density at radius 1 is 0.574 bits per heavy atom. The topological polar surface area (TPSA) is 175 Å². The van der Waals surface area contributed by atoms with Crippen LogP contribution in [0.3, 0.4) is 0 Å². The van der Waals surface area contributed by atoms with Gasteiger partial charge in [-0.2, -0.15) is 0 Å². The molecular weight excluding hydrogens is 794 g/mol. The van der Waals surface area contributed by atoms with E-state index >= 15 is 0 Å². The number of ether oxygens (including phenoxy) is 2. The smallest absolute Gasteiger partial charge is 0.462 e. The van der Waals surface area contributed by atoms with Gasteiger partial charge < -0.3 is 30.3 Å². The molecule has 0 spiro atoms. The van der Waals surface area contributed by atoms with Gasteiger partial charge >= 0.3 is 19.8 Å². The van der Waals surface area contributed by atoms with E-state index < -0.39 is 44.7 Å². The molecule has 0 aromatic rings. The summed E-state index contributed by atoms with van der Waals surface area (Å²) in [6.07, 6.45) is 46.0. The van der Waals surface area contributed by atoms with Gasteiger partial charge in [0.05, 0.1) is 25.4 Å². The van der Waals surface area contributed by atoms with Crippen molar-refractivity contribution in [3.05, 3.63) is 60.8 Å². The molecule has 0 rings (SSSR count). The average molecular weight is 882 g/mol. The molecule has 5 N–H and O–H groups in total. The van der Waals surface area contributed by atoms with Crippen LogP contribution in [0.25, 0.3) is 0 Å². The Morgan fingerprint density at radius 3 is 1.62 bits per heavy atom. The highest BCUT2D eigenvalue weighted by molar-refractivity contribution is 7.47. The second-order valence-corrected chi connectivity index (χ2v) is 17.5. The first-order valence-electron chi connectivity index (χ1n) is 24.0. The summed E-state index contributed by atoms with van der Waals surface area (Å²) in [5, 5.41) is 20.3. The van der Waals surface area contributed by atoms with Crippen LogP contribution >= 0.6 is 7.82 Å². The minimum atomic E-state index is -4.45. The maximum atomic E-state index is 12.6. The summed E-state index contributed by atoms with van der Waals surface area (Å²) < 4.78 is 32.7. The van der Waals surface area contributed by atoms with Crippen LogP contribution in [0.2, 0.25) is 0 Å². The third-order valence-electron chi connectivity index (χ3n) is 10.1. The van der Waals surface area contributed by atoms with Crippen LogP contribution in [-0.4, -0.2) is 71.7 Å². The van der Waals surface area contributed by atoms with Crippen molar-refractivity contribution in [1.82, 2.24) is 0 Å². The Kier molecular flexibility index (Phi) is 42.5. The Bertz CT molecular complexity index is 1220. The molecule has 354 valence electrons. The molecule has 0 heterocycles. The molecule has 0 aromatic heterocycles. The lowest BCUT2D eigenvalue weighted by molar-refractivity contribution is -0.161. The zero-order chi connectivity index (χ0) is 44.9. The van der Waals surface area contributed by atoms with Crippen LogP contribution in [0.1, 0.15) is 194 Å². The van der Waals surface area contributed by atoms with E-state index in [9.17, 15) is 29.3 Å². The Labute approximate surface area is 371 Å². The normalized spacial score (nSPS) is 14.8. The van der Waals surface area contributed by atoms with E-state index in [0.29, 0.717) is 25.7 Å². The molecule has 0 saturated heterocycles. The molecule has 0 aromatic carbocycles. The SMILES string of the molecule is CCCCC/C=C\C[C@H](O)/C=C/C=C/C=C\[C@H](O)CCCC(=O)O[C@H](COC(=O)CCCCCCCCCCCCC/C=C\CCCCCCCC)COP(=O)(O)OCCN. The molecular formula is C49H88NO10P. The third-order valence-corrected chi connectivity index (χ3v) is 11.1. The minimum absolute atomic E-state index is 0.0116. The summed E-state index contributed by atoms with van der Waals surface area (Å²) in [6, 6.07) is 0. The number of aliphatic hydroxyl groups excluding tert-OH is 2. The van der Waals surface area contributed by atoms with E-state index in [4.69, 9.17) is 24.3 Å². The number of rotatable bonds is 44. The third kappa shape index (κ3) is 44.0. The molecule has 0 amide bonds. The number of nitrogens with two attached hydrogens (primary N) is 1. The first-order valence-corrected chi connectivity index (χ1v) is 25.5. The first-order chi connectivity index (χ1) is 29.6. The van der Waals surface area contributed by atoms with E-state index in [1.54, 1.807) is 36.5 Å². The Hall–Kier alpha value is -2.37. The van der Waals surface area contributed by atoms with Crippen molar-refractivity contribution < 1.29 is 47.8 Å². The van der Waals surface area contributed by atoms with Gasteiger partial charge in [-0.05, 0) is 64.2 Å².